The number of hydrogen-bond donors (Lipinski definition) is 0. The third-order valence-electron chi connectivity index (χ3n) is 5.25. The maximum absolute atomic E-state index is 13.1. The van der Waals surface area contributed by atoms with E-state index in [4.69, 9.17) is 9.15 Å². The number of fused-ring (bicyclic) bond motifs is 3. The molecule has 160 valence electrons. The van der Waals surface area contributed by atoms with Gasteiger partial charge in [-0.1, -0.05) is 17.4 Å². The van der Waals surface area contributed by atoms with E-state index >= 15 is 0 Å². The number of nitrogens with zero attached hydrogens (tertiary/aromatic N) is 3. The van der Waals surface area contributed by atoms with Crippen LogP contribution in [0.2, 0.25) is 0 Å². The van der Waals surface area contributed by atoms with Crippen LogP contribution in [0.15, 0.2) is 51.7 Å². The van der Waals surface area contributed by atoms with Crippen LogP contribution in [0.3, 0.4) is 0 Å². The highest BCUT2D eigenvalue weighted by Crippen LogP contribution is 2.34. The van der Waals surface area contributed by atoms with E-state index in [-0.39, 0.29) is 11.2 Å². The summed E-state index contributed by atoms with van der Waals surface area (Å²) >= 11 is 1.28. The van der Waals surface area contributed by atoms with Gasteiger partial charge in [0.05, 0.1) is 34.7 Å². The van der Waals surface area contributed by atoms with Crippen molar-refractivity contribution < 1.29 is 14.1 Å². The van der Waals surface area contributed by atoms with Gasteiger partial charge in [0, 0.05) is 6.08 Å². The number of nitro benzene ring substituents is 1. The van der Waals surface area contributed by atoms with E-state index < -0.39 is 4.92 Å². The van der Waals surface area contributed by atoms with E-state index in [1.807, 2.05) is 26.0 Å². The maximum Gasteiger partial charge on any atom is 0.284 e. The van der Waals surface area contributed by atoms with Crippen molar-refractivity contribution in [3.05, 3.63) is 84.4 Å². The first-order valence-corrected chi connectivity index (χ1v) is 10.5. The molecule has 0 amide bonds. The molecule has 8 nitrogen and oxygen atoms in total. The summed E-state index contributed by atoms with van der Waals surface area (Å²) in [5.74, 6) is 1.13. The van der Waals surface area contributed by atoms with Crippen molar-refractivity contribution in [2.75, 3.05) is 7.11 Å². The lowest BCUT2D eigenvalue weighted by Gasteiger charge is -2.03. The van der Waals surface area contributed by atoms with Crippen molar-refractivity contribution in [3.63, 3.8) is 0 Å². The van der Waals surface area contributed by atoms with Gasteiger partial charge in [0.1, 0.15) is 21.8 Å². The molecule has 0 aliphatic carbocycles. The van der Waals surface area contributed by atoms with Crippen LogP contribution in [0.4, 0.5) is 5.69 Å². The lowest BCUT2D eigenvalue weighted by molar-refractivity contribution is -0.384. The molecule has 0 unspecified atom stereocenters. The van der Waals surface area contributed by atoms with Crippen LogP contribution < -0.4 is 14.8 Å². The minimum absolute atomic E-state index is 0.124. The van der Waals surface area contributed by atoms with Crippen LogP contribution >= 0.6 is 11.3 Å². The number of rotatable bonds is 4. The average molecular weight is 447 g/mol. The summed E-state index contributed by atoms with van der Waals surface area (Å²) in [7, 11) is 1.45. The van der Waals surface area contributed by atoms with Crippen LogP contribution in [0.1, 0.15) is 16.9 Å². The zero-order valence-electron chi connectivity index (χ0n) is 17.4. The molecule has 0 bridgehead atoms. The molecule has 5 aromatic rings. The summed E-state index contributed by atoms with van der Waals surface area (Å²) in [5.41, 5.74) is 3.72. The molecule has 0 aliphatic rings. The zero-order valence-corrected chi connectivity index (χ0v) is 18.2. The van der Waals surface area contributed by atoms with Gasteiger partial charge in [-0.25, -0.2) is 9.38 Å². The maximum atomic E-state index is 13.1. The Balaban J connectivity index is 1.62. The summed E-state index contributed by atoms with van der Waals surface area (Å²) in [6.07, 6.45) is 1.63. The Morgan fingerprint density at radius 3 is 2.75 bits per heavy atom. The molecule has 0 saturated heterocycles. The van der Waals surface area contributed by atoms with Gasteiger partial charge in [0.2, 0.25) is 0 Å². The van der Waals surface area contributed by atoms with Crippen molar-refractivity contribution in [1.29, 1.82) is 0 Å². The van der Waals surface area contributed by atoms with Crippen molar-refractivity contribution in [3.8, 4) is 17.1 Å². The number of furan rings is 1. The zero-order chi connectivity index (χ0) is 22.6. The minimum Gasteiger partial charge on any atom is -0.497 e. The smallest absolute Gasteiger partial charge is 0.284 e. The Bertz CT molecular complexity index is 1640. The van der Waals surface area contributed by atoms with Crippen LogP contribution in [0.5, 0.6) is 5.75 Å². The molecule has 0 fully saturated rings. The highest BCUT2D eigenvalue weighted by molar-refractivity contribution is 7.15. The van der Waals surface area contributed by atoms with Gasteiger partial charge in [-0.05, 0) is 55.3 Å². The first-order valence-electron chi connectivity index (χ1n) is 9.72. The van der Waals surface area contributed by atoms with Crippen molar-refractivity contribution in [1.82, 2.24) is 9.38 Å². The topological polar surface area (TPSA) is 99.9 Å². The van der Waals surface area contributed by atoms with Crippen molar-refractivity contribution in [2.45, 2.75) is 13.8 Å². The number of methoxy groups -OCH3 is 1. The summed E-state index contributed by atoms with van der Waals surface area (Å²) in [4.78, 5) is 29.3. The predicted molar refractivity (Wildman–Crippen MR) is 122 cm³/mol. The Morgan fingerprint density at radius 2 is 2.00 bits per heavy atom. The molecule has 3 aromatic heterocycles. The van der Waals surface area contributed by atoms with E-state index in [9.17, 15) is 14.9 Å². The summed E-state index contributed by atoms with van der Waals surface area (Å²) in [5, 5.41) is 11.5. The molecule has 9 heteroatoms. The monoisotopic (exact) mass is 447 g/mol. The number of hydrogen-bond acceptors (Lipinski definition) is 7. The largest absolute Gasteiger partial charge is 0.497 e. The molecule has 0 saturated carbocycles. The number of nitro groups is 1. The van der Waals surface area contributed by atoms with E-state index in [0.717, 1.165) is 22.2 Å². The van der Waals surface area contributed by atoms with Crippen LogP contribution in [-0.2, 0) is 0 Å². The number of thiazole rings is 1. The van der Waals surface area contributed by atoms with E-state index in [1.54, 1.807) is 34.7 Å². The third-order valence-corrected chi connectivity index (χ3v) is 6.22. The lowest BCUT2D eigenvalue weighted by Crippen LogP contribution is -2.22. The van der Waals surface area contributed by atoms with Gasteiger partial charge in [-0.15, -0.1) is 0 Å². The molecule has 2 aromatic carbocycles. The van der Waals surface area contributed by atoms with Gasteiger partial charge in [-0.2, -0.15) is 0 Å². The van der Waals surface area contributed by atoms with Gasteiger partial charge in [0.15, 0.2) is 4.96 Å². The molecular formula is C23H17N3O5S. The number of aromatic nitrogens is 2. The van der Waals surface area contributed by atoms with Gasteiger partial charge in [-0.3, -0.25) is 14.9 Å². The molecule has 0 atom stereocenters. The highest BCUT2D eigenvalue weighted by atomic mass is 32.1. The Labute approximate surface area is 185 Å². The molecule has 0 N–H and O–H groups in total. The number of imidazole rings is 1. The standard InChI is InChI=1S/C23H17N3O5S/c1-12-8-13(2)21-18(9-12)25-22(27)20(32-23(25)24-21)11-15-5-7-19(31-15)16-6-4-14(30-3)10-17(16)26(28)29/h4-11H,1-3H3/b20-11-. The van der Waals surface area contributed by atoms with Gasteiger partial charge in [0.25, 0.3) is 11.2 Å². The second kappa shape index (κ2) is 7.31. The Kier molecular flexibility index (Phi) is 4.56. The molecular weight excluding hydrogens is 430 g/mol. The molecule has 0 spiro atoms. The van der Waals surface area contributed by atoms with Crippen molar-refractivity contribution in [2.24, 2.45) is 0 Å². The number of ether oxygens (including phenoxy) is 1. The molecule has 32 heavy (non-hydrogen) atoms. The van der Waals surface area contributed by atoms with Crippen LogP contribution in [0.25, 0.3) is 33.4 Å². The number of aryl methyl sites for hydroxylation is 2. The number of benzene rings is 2. The fourth-order valence-corrected chi connectivity index (χ4v) is 4.77. The normalized spacial score (nSPS) is 12.2. The van der Waals surface area contributed by atoms with E-state index in [1.165, 1.54) is 24.5 Å². The Morgan fingerprint density at radius 1 is 1.19 bits per heavy atom. The van der Waals surface area contributed by atoms with Crippen LogP contribution in [0, 0.1) is 24.0 Å². The van der Waals surface area contributed by atoms with E-state index in [2.05, 4.69) is 4.98 Å². The highest BCUT2D eigenvalue weighted by Gasteiger charge is 2.19. The third kappa shape index (κ3) is 3.14. The summed E-state index contributed by atoms with van der Waals surface area (Å²) in [6, 6.07) is 11.9. The predicted octanol–water partition coefficient (Wildman–Crippen LogP) is 4.25. The fourth-order valence-electron chi connectivity index (χ4n) is 3.81. The Hall–Kier alpha value is -3.98. The SMILES string of the molecule is COc1ccc(-c2ccc(/C=c3\sc4nc5c(C)cc(C)cc5n4c3=O)o2)c([N+](=O)[O-])c1. The first kappa shape index (κ1) is 20.0. The van der Waals surface area contributed by atoms with Gasteiger partial charge < -0.3 is 9.15 Å². The molecule has 0 aliphatic heterocycles. The van der Waals surface area contributed by atoms with Gasteiger partial charge >= 0.3 is 0 Å². The summed E-state index contributed by atoms with van der Waals surface area (Å²) < 4.78 is 13.0. The molecule has 3 heterocycles. The second-order valence-corrected chi connectivity index (χ2v) is 8.45. The lowest BCUT2D eigenvalue weighted by atomic mass is 10.1. The average Bonchev–Trinajstić information content (AvgIpc) is 3.44. The van der Waals surface area contributed by atoms with Crippen LogP contribution in [-0.4, -0.2) is 21.4 Å². The molecule has 0 radical (unpaired) electrons. The first-order chi connectivity index (χ1) is 15.4. The summed E-state index contributed by atoms with van der Waals surface area (Å²) in [6.45, 7) is 3.96. The second-order valence-electron chi connectivity index (χ2n) is 7.44. The fraction of sp³-hybridized carbons (Fsp3) is 0.130. The quantitative estimate of drug-likeness (QED) is 0.302. The molecule has 5 rings (SSSR count). The van der Waals surface area contributed by atoms with Crippen molar-refractivity contribution >= 4 is 39.1 Å². The van der Waals surface area contributed by atoms with E-state index in [0.29, 0.717) is 32.3 Å². The minimum atomic E-state index is -0.483.